The average Bonchev–Trinajstić information content (AvgIpc) is 2.75. The number of ether oxygens (including phenoxy) is 1. The van der Waals surface area contributed by atoms with Gasteiger partial charge in [-0.05, 0) is 18.2 Å². The van der Waals surface area contributed by atoms with Gasteiger partial charge in [0.05, 0.1) is 30.2 Å². The van der Waals surface area contributed by atoms with Gasteiger partial charge >= 0.3 is 0 Å². The zero-order chi connectivity index (χ0) is 19.3. The maximum absolute atomic E-state index is 12.8. The molecule has 6 nitrogen and oxygen atoms in total. The van der Waals surface area contributed by atoms with Crippen molar-refractivity contribution < 1.29 is 9.53 Å². The Labute approximate surface area is 171 Å². The topological polar surface area (TPSA) is 67.4 Å². The van der Waals surface area contributed by atoms with Crippen LogP contribution in [0.25, 0.3) is 11.4 Å². The molecule has 7 heteroatoms. The Bertz CT molecular complexity index is 958. The van der Waals surface area contributed by atoms with E-state index >= 15 is 0 Å². The monoisotopic (exact) mass is 438 g/mol. The molecule has 1 aliphatic heterocycles. The van der Waals surface area contributed by atoms with Crippen LogP contribution in [0.2, 0.25) is 0 Å². The lowest BCUT2D eigenvalue weighted by Crippen LogP contribution is -2.36. The molecule has 1 amide bonds. The molecule has 2 heterocycles. The van der Waals surface area contributed by atoms with E-state index in [0.717, 1.165) is 34.5 Å². The molecule has 1 aromatic heterocycles. The fourth-order valence-electron chi connectivity index (χ4n) is 3.06. The summed E-state index contributed by atoms with van der Waals surface area (Å²) in [6.45, 7) is 2.94. The highest BCUT2D eigenvalue weighted by Gasteiger charge is 2.17. The molecule has 0 atom stereocenters. The standard InChI is InChI=1S/C21H19BrN4O2/c22-17-6-7-19(26-8-10-28-11-9-26)18(12-17)25-21(27)16-13-23-20(24-14-16)15-4-2-1-3-5-15/h1-7,12-14H,8-11H2,(H,25,27). The summed E-state index contributed by atoms with van der Waals surface area (Å²) < 4.78 is 6.33. The predicted octanol–water partition coefficient (Wildman–Crippen LogP) is 4.00. The van der Waals surface area contributed by atoms with E-state index in [2.05, 4.69) is 36.1 Å². The average molecular weight is 439 g/mol. The van der Waals surface area contributed by atoms with Crippen molar-refractivity contribution in [2.24, 2.45) is 0 Å². The second-order valence-corrected chi connectivity index (χ2v) is 7.29. The van der Waals surface area contributed by atoms with Crippen LogP contribution in [0.1, 0.15) is 10.4 Å². The Morgan fingerprint density at radius 3 is 2.46 bits per heavy atom. The second kappa shape index (κ2) is 8.50. The summed E-state index contributed by atoms with van der Waals surface area (Å²) in [7, 11) is 0. The van der Waals surface area contributed by atoms with Crippen LogP contribution in [0.15, 0.2) is 65.4 Å². The van der Waals surface area contributed by atoms with Crippen molar-refractivity contribution in [3.63, 3.8) is 0 Å². The highest BCUT2D eigenvalue weighted by molar-refractivity contribution is 9.10. The van der Waals surface area contributed by atoms with Gasteiger partial charge < -0.3 is 15.0 Å². The van der Waals surface area contributed by atoms with Gasteiger partial charge in [0.2, 0.25) is 0 Å². The Hall–Kier alpha value is -2.77. The van der Waals surface area contributed by atoms with Gasteiger partial charge in [0.15, 0.2) is 5.82 Å². The fraction of sp³-hybridized carbons (Fsp3) is 0.190. The van der Waals surface area contributed by atoms with Gasteiger partial charge in [-0.15, -0.1) is 0 Å². The number of carbonyl (C=O) groups excluding carboxylic acids is 1. The zero-order valence-corrected chi connectivity index (χ0v) is 16.7. The number of hydrogen-bond donors (Lipinski definition) is 1. The maximum Gasteiger partial charge on any atom is 0.258 e. The van der Waals surface area contributed by atoms with E-state index in [-0.39, 0.29) is 5.91 Å². The minimum Gasteiger partial charge on any atom is -0.378 e. The lowest BCUT2D eigenvalue weighted by Gasteiger charge is -2.30. The smallest absolute Gasteiger partial charge is 0.258 e. The number of morpholine rings is 1. The van der Waals surface area contributed by atoms with Crippen molar-refractivity contribution in [1.82, 2.24) is 9.97 Å². The van der Waals surface area contributed by atoms with Gasteiger partial charge in [0.25, 0.3) is 5.91 Å². The molecule has 142 valence electrons. The maximum atomic E-state index is 12.8. The number of benzene rings is 2. The van der Waals surface area contributed by atoms with Crippen molar-refractivity contribution in [3.05, 3.63) is 71.0 Å². The Morgan fingerprint density at radius 1 is 1.04 bits per heavy atom. The summed E-state index contributed by atoms with van der Waals surface area (Å²) in [5.41, 5.74) is 3.04. The van der Waals surface area contributed by atoms with Gasteiger partial charge in [-0.2, -0.15) is 0 Å². The van der Waals surface area contributed by atoms with Crippen molar-refractivity contribution in [3.8, 4) is 11.4 Å². The van der Waals surface area contributed by atoms with Crippen LogP contribution >= 0.6 is 15.9 Å². The second-order valence-electron chi connectivity index (χ2n) is 6.38. The molecule has 2 aromatic carbocycles. The number of amides is 1. The van der Waals surface area contributed by atoms with Crippen LogP contribution in [0.5, 0.6) is 0 Å². The molecule has 3 aromatic rings. The normalized spacial score (nSPS) is 14.0. The first-order chi connectivity index (χ1) is 13.7. The summed E-state index contributed by atoms with van der Waals surface area (Å²) in [6, 6.07) is 15.5. The molecule has 0 radical (unpaired) electrons. The highest BCUT2D eigenvalue weighted by atomic mass is 79.9. The number of hydrogen-bond acceptors (Lipinski definition) is 5. The number of rotatable bonds is 4. The number of carbonyl (C=O) groups is 1. The third-order valence-electron chi connectivity index (χ3n) is 4.50. The lowest BCUT2D eigenvalue weighted by atomic mass is 10.2. The summed E-state index contributed by atoms with van der Waals surface area (Å²) in [4.78, 5) is 23.6. The van der Waals surface area contributed by atoms with Crippen LogP contribution in [0.4, 0.5) is 11.4 Å². The van der Waals surface area contributed by atoms with Crippen molar-refractivity contribution in [2.75, 3.05) is 36.5 Å². The van der Waals surface area contributed by atoms with E-state index < -0.39 is 0 Å². The van der Waals surface area contributed by atoms with Crippen LogP contribution in [-0.2, 0) is 4.74 Å². The number of nitrogens with one attached hydrogen (secondary N) is 1. The Morgan fingerprint density at radius 2 is 1.75 bits per heavy atom. The van der Waals surface area contributed by atoms with E-state index in [4.69, 9.17) is 4.74 Å². The third kappa shape index (κ3) is 4.21. The van der Waals surface area contributed by atoms with Crippen LogP contribution in [-0.4, -0.2) is 42.2 Å². The van der Waals surface area contributed by atoms with Crippen molar-refractivity contribution >= 4 is 33.2 Å². The number of nitrogens with zero attached hydrogens (tertiary/aromatic N) is 3. The van der Waals surface area contributed by atoms with E-state index in [0.29, 0.717) is 24.6 Å². The SMILES string of the molecule is O=C(Nc1cc(Br)ccc1N1CCOCC1)c1cnc(-c2ccccc2)nc1. The summed E-state index contributed by atoms with van der Waals surface area (Å²) in [5, 5.41) is 2.99. The number of anilines is 2. The summed E-state index contributed by atoms with van der Waals surface area (Å²) in [5.74, 6) is 0.348. The van der Waals surface area contributed by atoms with Gasteiger partial charge in [-0.1, -0.05) is 46.3 Å². The summed E-state index contributed by atoms with van der Waals surface area (Å²) in [6.07, 6.45) is 3.11. The molecule has 0 spiro atoms. The Balaban J connectivity index is 1.54. The molecule has 0 aliphatic carbocycles. The first kappa shape index (κ1) is 18.6. The zero-order valence-electron chi connectivity index (χ0n) is 15.1. The quantitative estimate of drug-likeness (QED) is 0.666. The molecule has 0 unspecified atom stereocenters. The molecule has 0 saturated carbocycles. The number of halogens is 1. The molecule has 1 N–H and O–H groups in total. The van der Waals surface area contributed by atoms with Gasteiger partial charge in [-0.3, -0.25) is 4.79 Å². The lowest BCUT2D eigenvalue weighted by molar-refractivity contribution is 0.102. The minimum absolute atomic E-state index is 0.243. The third-order valence-corrected chi connectivity index (χ3v) is 5.00. The van der Waals surface area contributed by atoms with Gasteiger partial charge in [0.1, 0.15) is 0 Å². The van der Waals surface area contributed by atoms with E-state index in [1.165, 1.54) is 0 Å². The van der Waals surface area contributed by atoms with Crippen LogP contribution in [0.3, 0.4) is 0 Å². The van der Waals surface area contributed by atoms with Crippen LogP contribution in [0, 0.1) is 0 Å². The first-order valence-corrected chi connectivity index (χ1v) is 9.81. The largest absolute Gasteiger partial charge is 0.378 e. The van der Waals surface area contributed by atoms with E-state index in [1.54, 1.807) is 12.4 Å². The number of aromatic nitrogens is 2. The Kier molecular flexibility index (Phi) is 5.64. The molecule has 1 fully saturated rings. The molecule has 1 aliphatic rings. The molecule has 0 bridgehead atoms. The molecule has 28 heavy (non-hydrogen) atoms. The molecule has 4 rings (SSSR count). The van der Waals surface area contributed by atoms with E-state index in [1.807, 2.05) is 48.5 Å². The van der Waals surface area contributed by atoms with Gasteiger partial charge in [0, 0.05) is 35.5 Å². The van der Waals surface area contributed by atoms with Crippen LogP contribution < -0.4 is 10.2 Å². The van der Waals surface area contributed by atoms with Gasteiger partial charge in [-0.25, -0.2) is 9.97 Å². The highest BCUT2D eigenvalue weighted by Crippen LogP contribution is 2.30. The summed E-state index contributed by atoms with van der Waals surface area (Å²) >= 11 is 3.48. The van der Waals surface area contributed by atoms with Crippen molar-refractivity contribution in [1.29, 1.82) is 0 Å². The first-order valence-electron chi connectivity index (χ1n) is 9.02. The predicted molar refractivity (Wildman–Crippen MR) is 113 cm³/mol. The molecule has 1 saturated heterocycles. The fourth-order valence-corrected chi connectivity index (χ4v) is 3.43. The van der Waals surface area contributed by atoms with Crippen molar-refractivity contribution in [2.45, 2.75) is 0 Å². The molecular formula is C21H19BrN4O2. The van der Waals surface area contributed by atoms with E-state index in [9.17, 15) is 4.79 Å². The minimum atomic E-state index is -0.243. The molecular weight excluding hydrogens is 420 g/mol.